The molecule has 0 saturated heterocycles. The zero-order chi connectivity index (χ0) is 26.3. The van der Waals surface area contributed by atoms with Crippen molar-refractivity contribution in [3.8, 4) is 16.9 Å². The Bertz CT molecular complexity index is 1430. The maximum atomic E-state index is 13.9. The molecule has 0 aromatic heterocycles. The lowest BCUT2D eigenvalue weighted by molar-refractivity contribution is -0.138. The van der Waals surface area contributed by atoms with E-state index >= 15 is 0 Å². The number of fused-ring (bicyclic) bond motifs is 1. The molecule has 36 heavy (non-hydrogen) atoms. The first kappa shape index (κ1) is 25.8. The zero-order valence-corrected chi connectivity index (χ0v) is 19.9. The summed E-state index contributed by atoms with van der Waals surface area (Å²) in [4.78, 5) is 10.4. The molecule has 1 unspecified atom stereocenters. The van der Waals surface area contributed by atoms with Gasteiger partial charge in [-0.1, -0.05) is 23.7 Å². The summed E-state index contributed by atoms with van der Waals surface area (Å²) < 4.78 is 87.5. The first-order chi connectivity index (χ1) is 16.9. The molecule has 1 N–H and O–H groups in total. The molecule has 190 valence electrons. The Balaban J connectivity index is 1.83. The van der Waals surface area contributed by atoms with Gasteiger partial charge in [-0.25, -0.2) is 12.8 Å². The highest BCUT2D eigenvalue weighted by molar-refractivity contribution is 7.92. The summed E-state index contributed by atoms with van der Waals surface area (Å²) in [6.07, 6.45) is -5.99. The van der Waals surface area contributed by atoms with Gasteiger partial charge in [0.1, 0.15) is 17.7 Å². The van der Waals surface area contributed by atoms with Crippen LogP contribution in [-0.4, -0.2) is 32.1 Å². The highest BCUT2D eigenvalue weighted by Crippen LogP contribution is 2.42. The molecule has 0 spiro atoms. The number of anilines is 1. The first-order valence-electron chi connectivity index (χ1n) is 10.5. The van der Waals surface area contributed by atoms with Crippen LogP contribution in [0.15, 0.2) is 65.6 Å². The van der Waals surface area contributed by atoms with Crippen molar-refractivity contribution in [2.24, 2.45) is 0 Å². The minimum Gasteiger partial charge on any atom is -0.486 e. The fourth-order valence-corrected chi connectivity index (χ4v) is 5.59. The van der Waals surface area contributed by atoms with Gasteiger partial charge >= 0.3 is 12.1 Å². The van der Waals surface area contributed by atoms with Crippen LogP contribution in [0.4, 0.5) is 23.2 Å². The monoisotopic (exact) mass is 543 g/mol. The molecule has 12 heteroatoms. The predicted octanol–water partition coefficient (Wildman–Crippen LogP) is 5.99. The molecule has 3 aromatic carbocycles. The van der Waals surface area contributed by atoms with Gasteiger partial charge in [0.25, 0.3) is 10.0 Å². The lowest BCUT2D eigenvalue weighted by Crippen LogP contribution is -2.43. The van der Waals surface area contributed by atoms with Gasteiger partial charge in [0, 0.05) is 17.0 Å². The van der Waals surface area contributed by atoms with E-state index in [1.807, 2.05) is 0 Å². The van der Waals surface area contributed by atoms with Crippen LogP contribution >= 0.6 is 11.6 Å². The minimum absolute atomic E-state index is 0.00295. The predicted molar refractivity (Wildman–Crippen MR) is 124 cm³/mol. The van der Waals surface area contributed by atoms with Crippen molar-refractivity contribution < 1.29 is 40.6 Å². The van der Waals surface area contributed by atoms with E-state index in [1.54, 1.807) is 0 Å². The third-order valence-corrected chi connectivity index (χ3v) is 7.66. The molecule has 4 rings (SSSR count). The van der Waals surface area contributed by atoms with Gasteiger partial charge in [-0.2, -0.15) is 13.2 Å². The number of carboxylic acid groups (broad SMARTS) is 1. The number of aliphatic carboxylic acids is 1. The van der Waals surface area contributed by atoms with Crippen molar-refractivity contribution in [2.45, 2.75) is 30.0 Å². The summed E-state index contributed by atoms with van der Waals surface area (Å²) in [6.45, 7) is -0.348. The number of sulfonamides is 1. The topological polar surface area (TPSA) is 83.9 Å². The number of alkyl halides is 3. The number of halogens is 5. The normalized spacial score (nSPS) is 15.8. The van der Waals surface area contributed by atoms with E-state index in [0.29, 0.717) is 11.6 Å². The molecule has 0 amide bonds. The third-order valence-electron chi connectivity index (χ3n) is 5.56. The van der Waals surface area contributed by atoms with Crippen LogP contribution in [0.2, 0.25) is 5.02 Å². The molecule has 0 aliphatic carbocycles. The molecule has 0 fully saturated rings. The molecular formula is C24H18ClF4NO5S. The van der Waals surface area contributed by atoms with E-state index in [2.05, 4.69) is 0 Å². The van der Waals surface area contributed by atoms with Gasteiger partial charge in [0.15, 0.2) is 0 Å². The summed E-state index contributed by atoms with van der Waals surface area (Å²) in [5, 5.41) is 9.22. The quantitative estimate of drug-likeness (QED) is 0.386. The van der Waals surface area contributed by atoms with Gasteiger partial charge in [0.2, 0.25) is 0 Å². The molecule has 1 heterocycles. The number of hydrogen-bond donors (Lipinski definition) is 1. The average molecular weight is 544 g/mol. The number of ether oxygens (including phenoxy) is 1. The van der Waals surface area contributed by atoms with Gasteiger partial charge in [0.05, 0.1) is 22.7 Å². The van der Waals surface area contributed by atoms with Crippen molar-refractivity contribution >= 4 is 33.3 Å². The Morgan fingerprint density at radius 3 is 2.56 bits per heavy atom. The fraction of sp³-hybridized carbons (Fsp3) is 0.208. The number of hydrogen-bond acceptors (Lipinski definition) is 4. The largest absolute Gasteiger partial charge is 0.486 e. The molecular weight excluding hydrogens is 526 g/mol. The van der Waals surface area contributed by atoms with Crippen LogP contribution in [-0.2, 0) is 21.0 Å². The van der Waals surface area contributed by atoms with Gasteiger partial charge in [-0.3, -0.25) is 9.10 Å². The summed E-state index contributed by atoms with van der Waals surface area (Å²) in [5.74, 6) is -1.62. The lowest BCUT2D eigenvalue weighted by Gasteiger charge is -2.36. The summed E-state index contributed by atoms with van der Waals surface area (Å²) >= 11 is 6.20. The van der Waals surface area contributed by atoms with Gasteiger partial charge < -0.3 is 9.84 Å². The van der Waals surface area contributed by atoms with E-state index < -0.39 is 44.5 Å². The molecule has 1 atom stereocenters. The van der Waals surface area contributed by atoms with Crippen molar-refractivity contribution in [1.29, 1.82) is 0 Å². The Morgan fingerprint density at radius 2 is 1.86 bits per heavy atom. The molecule has 3 aromatic rings. The van der Waals surface area contributed by atoms with Crippen molar-refractivity contribution in [3.63, 3.8) is 0 Å². The molecule has 0 radical (unpaired) electrons. The van der Waals surface area contributed by atoms with Crippen LogP contribution in [0.5, 0.6) is 5.75 Å². The van der Waals surface area contributed by atoms with E-state index in [4.69, 9.17) is 21.4 Å². The van der Waals surface area contributed by atoms with Crippen molar-refractivity contribution in [1.82, 2.24) is 0 Å². The molecule has 0 saturated carbocycles. The second-order valence-electron chi connectivity index (χ2n) is 8.04. The second-order valence-corrected chi connectivity index (χ2v) is 10.3. The van der Waals surface area contributed by atoms with Crippen molar-refractivity contribution in [2.75, 3.05) is 10.8 Å². The number of nitrogens with zero attached hydrogens (tertiary/aromatic N) is 1. The number of rotatable bonds is 6. The number of carbonyl (C=O) groups is 1. The van der Waals surface area contributed by atoms with Gasteiger partial charge in [-0.05, 0) is 60.5 Å². The summed E-state index contributed by atoms with van der Waals surface area (Å²) in [6, 6.07) is 11.3. The molecule has 1 aliphatic rings. The van der Waals surface area contributed by atoms with E-state index in [0.717, 1.165) is 34.6 Å². The Morgan fingerprint density at radius 1 is 1.11 bits per heavy atom. The number of carboxylic acids is 1. The zero-order valence-electron chi connectivity index (χ0n) is 18.3. The SMILES string of the molecule is O=C(O)CCC1CN(S(=O)(=O)c2cccc(C(F)(F)F)c2)c2cc(-c3cc(F)ccc3Cl)ccc2O1. The third kappa shape index (κ3) is 5.26. The molecule has 0 bridgehead atoms. The molecule has 1 aliphatic heterocycles. The van der Waals surface area contributed by atoms with E-state index in [1.165, 1.54) is 24.3 Å². The minimum atomic E-state index is -4.76. The van der Waals surface area contributed by atoms with Crippen molar-refractivity contribution in [3.05, 3.63) is 77.1 Å². The summed E-state index contributed by atoms with van der Waals surface area (Å²) in [7, 11) is -4.55. The van der Waals surface area contributed by atoms with Crippen LogP contribution < -0.4 is 9.04 Å². The van der Waals surface area contributed by atoms with Crippen LogP contribution in [0.25, 0.3) is 11.1 Å². The van der Waals surface area contributed by atoms with E-state index in [9.17, 15) is 30.8 Å². The van der Waals surface area contributed by atoms with Gasteiger partial charge in [-0.15, -0.1) is 0 Å². The standard InChI is InChI=1S/C24H18ClF4NO5S/c25-20-7-5-16(26)12-19(20)14-4-8-22-21(10-14)30(13-17(35-22)6-9-23(31)32)36(33,34)18-3-1-2-15(11-18)24(27,28)29/h1-5,7-8,10-12,17H,6,9,13H2,(H,31,32). The Hall–Kier alpha value is -3.31. The number of benzene rings is 3. The Kier molecular flexibility index (Phi) is 6.89. The summed E-state index contributed by atoms with van der Waals surface area (Å²) in [5.41, 5.74) is -0.532. The fourth-order valence-electron chi connectivity index (χ4n) is 3.82. The smallest absolute Gasteiger partial charge is 0.416 e. The van der Waals surface area contributed by atoms with Crippen LogP contribution in [0, 0.1) is 5.82 Å². The second kappa shape index (κ2) is 9.62. The average Bonchev–Trinajstić information content (AvgIpc) is 2.83. The van der Waals surface area contributed by atoms with Crippen LogP contribution in [0.1, 0.15) is 18.4 Å². The first-order valence-corrected chi connectivity index (χ1v) is 12.4. The van der Waals surface area contributed by atoms with Crippen LogP contribution in [0.3, 0.4) is 0 Å². The Labute approximate surface area is 208 Å². The lowest BCUT2D eigenvalue weighted by atomic mass is 10.0. The maximum absolute atomic E-state index is 13.9. The van der Waals surface area contributed by atoms with E-state index in [-0.39, 0.29) is 41.4 Å². The highest BCUT2D eigenvalue weighted by Gasteiger charge is 2.37. The highest BCUT2D eigenvalue weighted by atomic mass is 35.5. The maximum Gasteiger partial charge on any atom is 0.416 e. The molecule has 6 nitrogen and oxygen atoms in total.